The maximum atomic E-state index is 12.2. The molecule has 1 atom stereocenters. The molecule has 1 amide bonds. The number of anilines is 1. The highest BCUT2D eigenvalue weighted by Gasteiger charge is 2.19. The first-order valence-electron chi connectivity index (χ1n) is 6.47. The third kappa shape index (κ3) is 3.98. The number of benzene rings is 1. The lowest BCUT2D eigenvalue weighted by Crippen LogP contribution is -2.34. The summed E-state index contributed by atoms with van der Waals surface area (Å²) in [6.45, 7) is 2.08. The van der Waals surface area contributed by atoms with E-state index in [1.54, 1.807) is 26.1 Å². The van der Waals surface area contributed by atoms with Crippen LogP contribution in [0.1, 0.15) is 17.3 Å². The van der Waals surface area contributed by atoms with E-state index in [1.165, 1.54) is 12.0 Å². The van der Waals surface area contributed by atoms with Crippen molar-refractivity contribution < 1.29 is 14.3 Å². The molecule has 1 aromatic carbocycles. The molecule has 0 fully saturated rings. The molecule has 0 heterocycles. The molecule has 0 N–H and O–H groups in total. The Labute approximate surface area is 120 Å². The topological polar surface area (TPSA) is 49.9 Å². The number of amides is 1. The van der Waals surface area contributed by atoms with Gasteiger partial charge in [-0.05, 0) is 24.3 Å². The molecule has 110 valence electrons. The van der Waals surface area contributed by atoms with Crippen molar-refractivity contribution in [2.75, 3.05) is 39.7 Å². The van der Waals surface area contributed by atoms with Crippen molar-refractivity contribution >= 4 is 17.6 Å². The van der Waals surface area contributed by atoms with Crippen molar-refractivity contribution in [3.8, 4) is 0 Å². The van der Waals surface area contributed by atoms with Crippen LogP contribution in [0, 0.1) is 5.92 Å². The summed E-state index contributed by atoms with van der Waals surface area (Å²) in [7, 11) is 6.92. The second kappa shape index (κ2) is 6.93. The van der Waals surface area contributed by atoms with Crippen molar-refractivity contribution in [2.45, 2.75) is 6.92 Å². The van der Waals surface area contributed by atoms with Gasteiger partial charge in [0.25, 0.3) is 5.91 Å². The van der Waals surface area contributed by atoms with Crippen LogP contribution in [0.2, 0.25) is 0 Å². The van der Waals surface area contributed by atoms with Crippen molar-refractivity contribution in [3.63, 3.8) is 0 Å². The average molecular weight is 278 g/mol. The summed E-state index contributed by atoms with van der Waals surface area (Å²) in [5.74, 6) is -0.756. The molecule has 5 heteroatoms. The monoisotopic (exact) mass is 278 g/mol. The zero-order valence-corrected chi connectivity index (χ0v) is 12.7. The highest BCUT2D eigenvalue weighted by atomic mass is 16.5. The number of hydrogen-bond donors (Lipinski definition) is 0. The van der Waals surface area contributed by atoms with E-state index in [4.69, 9.17) is 0 Å². The zero-order valence-electron chi connectivity index (χ0n) is 12.7. The van der Waals surface area contributed by atoms with E-state index in [0.29, 0.717) is 12.1 Å². The second-order valence-electron chi connectivity index (χ2n) is 5.05. The minimum atomic E-state index is -0.338. The van der Waals surface area contributed by atoms with Crippen LogP contribution in [0.5, 0.6) is 0 Å². The van der Waals surface area contributed by atoms with E-state index in [2.05, 4.69) is 4.74 Å². The van der Waals surface area contributed by atoms with E-state index < -0.39 is 0 Å². The number of nitrogens with zero attached hydrogens (tertiary/aromatic N) is 2. The van der Waals surface area contributed by atoms with E-state index in [-0.39, 0.29) is 17.8 Å². The van der Waals surface area contributed by atoms with Gasteiger partial charge in [0.15, 0.2) is 0 Å². The maximum absolute atomic E-state index is 12.2. The lowest BCUT2D eigenvalue weighted by atomic mass is 10.1. The molecule has 0 aliphatic carbocycles. The van der Waals surface area contributed by atoms with Gasteiger partial charge in [-0.25, -0.2) is 0 Å². The molecule has 0 aliphatic rings. The molecular weight excluding hydrogens is 256 g/mol. The fourth-order valence-electron chi connectivity index (χ4n) is 1.89. The van der Waals surface area contributed by atoms with Crippen LogP contribution in [0.4, 0.5) is 5.69 Å². The third-order valence-corrected chi connectivity index (χ3v) is 3.13. The first-order chi connectivity index (χ1) is 9.36. The summed E-state index contributed by atoms with van der Waals surface area (Å²) >= 11 is 0. The molecule has 5 nitrogen and oxygen atoms in total. The quantitative estimate of drug-likeness (QED) is 0.768. The Morgan fingerprint density at radius 2 is 1.70 bits per heavy atom. The smallest absolute Gasteiger partial charge is 0.310 e. The van der Waals surface area contributed by atoms with Gasteiger partial charge in [0, 0.05) is 38.9 Å². The third-order valence-electron chi connectivity index (χ3n) is 3.13. The Kier molecular flexibility index (Phi) is 5.55. The Morgan fingerprint density at radius 1 is 1.15 bits per heavy atom. The molecule has 1 aromatic rings. The highest BCUT2D eigenvalue weighted by molar-refractivity contribution is 5.94. The van der Waals surface area contributed by atoms with Crippen molar-refractivity contribution in [1.82, 2.24) is 4.90 Å². The molecule has 1 rings (SSSR count). The highest BCUT2D eigenvalue weighted by Crippen LogP contribution is 2.14. The van der Waals surface area contributed by atoms with Crippen LogP contribution in [0.25, 0.3) is 0 Å². The van der Waals surface area contributed by atoms with Crippen LogP contribution in [-0.4, -0.2) is 51.6 Å². The fraction of sp³-hybridized carbons (Fsp3) is 0.467. The molecule has 0 spiro atoms. The molecule has 0 bridgehead atoms. The van der Waals surface area contributed by atoms with E-state index in [1.807, 2.05) is 31.1 Å². The van der Waals surface area contributed by atoms with E-state index in [0.717, 1.165) is 5.69 Å². The lowest BCUT2D eigenvalue weighted by molar-refractivity contribution is -0.145. The summed E-state index contributed by atoms with van der Waals surface area (Å²) in [4.78, 5) is 27.1. The van der Waals surface area contributed by atoms with Crippen LogP contribution < -0.4 is 4.90 Å². The SMILES string of the molecule is COC(=O)C(C)CN(C)C(=O)c1ccc(N(C)C)cc1. The predicted molar refractivity (Wildman–Crippen MR) is 78.9 cm³/mol. The fourth-order valence-corrected chi connectivity index (χ4v) is 1.89. The molecule has 0 radical (unpaired) electrons. The standard InChI is InChI=1S/C15H22N2O3/c1-11(15(19)20-5)10-17(4)14(18)12-6-8-13(9-7-12)16(2)3/h6-9,11H,10H2,1-5H3. The summed E-state index contributed by atoms with van der Waals surface area (Å²) < 4.78 is 4.66. The van der Waals surface area contributed by atoms with Crippen molar-refractivity contribution in [3.05, 3.63) is 29.8 Å². The number of esters is 1. The van der Waals surface area contributed by atoms with Gasteiger partial charge in [-0.1, -0.05) is 6.92 Å². The Balaban J connectivity index is 2.71. The summed E-state index contributed by atoms with van der Waals surface area (Å²) in [5, 5.41) is 0. The van der Waals surface area contributed by atoms with Crippen LogP contribution in [-0.2, 0) is 9.53 Å². The van der Waals surface area contributed by atoms with Gasteiger partial charge in [0.2, 0.25) is 0 Å². The largest absolute Gasteiger partial charge is 0.469 e. The Hall–Kier alpha value is -2.04. The molecule has 1 unspecified atom stereocenters. The van der Waals surface area contributed by atoms with Gasteiger partial charge in [0.05, 0.1) is 13.0 Å². The van der Waals surface area contributed by atoms with Gasteiger partial charge in [-0.15, -0.1) is 0 Å². The number of ether oxygens (including phenoxy) is 1. The van der Waals surface area contributed by atoms with Gasteiger partial charge >= 0.3 is 5.97 Å². The summed E-state index contributed by atoms with van der Waals surface area (Å²) in [6.07, 6.45) is 0. The molecule has 0 aliphatic heterocycles. The van der Waals surface area contributed by atoms with Crippen LogP contribution >= 0.6 is 0 Å². The number of carbonyl (C=O) groups excluding carboxylic acids is 2. The summed E-state index contributed by atoms with van der Waals surface area (Å²) in [6, 6.07) is 7.36. The van der Waals surface area contributed by atoms with Crippen LogP contribution in [0.3, 0.4) is 0 Å². The number of hydrogen-bond acceptors (Lipinski definition) is 4. The average Bonchev–Trinajstić information content (AvgIpc) is 2.45. The minimum Gasteiger partial charge on any atom is -0.469 e. The molecule has 20 heavy (non-hydrogen) atoms. The molecule has 0 saturated heterocycles. The zero-order chi connectivity index (χ0) is 15.3. The lowest BCUT2D eigenvalue weighted by Gasteiger charge is -2.21. The second-order valence-corrected chi connectivity index (χ2v) is 5.05. The van der Waals surface area contributed by atoms with Crippen LogP contribution in [0.15, 0.2) is 24.3 Å². The summed E-state index contributed by atoms with van der Waals surface area (Å²) in [5.41, 5.74) is 1.64. The van der Waals surface area contributed by atoms with E-state index >= 15 is 0 Å². The molecule has 0 saturated carbocycles. The predicted octanol–water partition coefficient (Wildman–Crippen LogP) is 1.63. The van der Waals surface area contributed by atoms with Gasteiger partial charge in [0.1, 0.15) is 0 Å². The Morgan fingerprint density at radius 3 is 2.15 bits per heavy atom. The number of methoxy groups -OCH3 is 1. The van der Waals surface area contributed by atoms with Gasteiger partial charge in [-0.2, -0.15) is 0 Å². The number of rotatable bonds is 5. The van der Waals surface area contributed by atoms with E-state index in [9.17, 15) is 9.59 Å². The van der Waals surface area contributed by atoms with Gasteiger partial charge < -0.3 is 14.5 Å². The molecular formula is C15H22N2O3. The Bertz CT molecular complexity index is 469. The first kappa shape index (κ1) is 16.0. The number of carbonyl (C=O) groups is 2. The van der Waals surface area contributed by atoms with Gasteiger partial charge in [-0.3, -0.25) is 9.59 Å². The first-order valence-corrected chi connectivity index (χ1v) is 6.47. The molecule has 0 aromatic heterocycles. The van der Waals surface area contributed by atoms with Crippen molar-refractivity contribution in [1.29, 1.82) is 0 Å². The van der Waals surface area contributed by atoms with Crippen molar-refractivity contribution in [2.24, 2.45) is 5.92 Å². The normalized spacial score (nSPS) is 11.7. The minimum absolute atomic E-state index is 0.106. The maximum Gasteiger partial charge on any atom is 0.310 e.